The molecule has 1 aromatic carbocycles. The molecule has 0 aliphatic carbocycles. The number of carbonyl (C=O) groups is 3. The fourth-order valence-corrected chi connectivity index (χ4v) is 3.02. The molecule has 1 heterocycles. The predicted octanol–water partition coefficient (Wildman–Crippen LogP) is 2.09. The van der Waals surface area contributed by atoms with E-state index in [9.17, 15) is 23.2 Å². The van der Waals surface area contributed by atoms with Gasteiger partial charge in [0, 0.05) is 38.6 Å². The molecule has 0 spiro atoms. The van der Waals surface area contributed by atoms with Crippen molar-refractivity contribution in [2.75, 3.05) is 26.2 Å². The molecule has 9 heteroatoms. The van der Waals surface area contributed by atoms with Crippen molar-refractivity contribution in [3.63, 3.8) is 0 Å². The highest BCUT2D eigenvalue weighted by Gasteiger charge is 2.26. The van der Waals surface area contributed by atoms with Gasteiger partial charge >= 0.3 is 6.09 Å². The Bertz CT molecular complexity index is 744. The van der Waals surface area contributed by atoms with E-state index in [0.29, 0.717) is 31.7 Å². The number of halogens is 2. The Kier molecular flexibility index (Phi) is 7.53. The molecule has 160 valence electrons. The summed E-state index contributed by atoms with van der Waals surface area (Å²) >= 11 is 0. The molecule has 2 rings (SSSR count). The van der Waals surface area contributed by atoms with Crippen molar-refractivity contribution in [3.8, 4) is 0 Å². The van der Waals surface area contributed by atoms with E-state index < -0.39 is 29.4 Å². The zero-order valence-electron chi connectivity index (χ0n) is 16.9. The summed E-state index contributed by atoms with van der Waals surface area (Å²) in [5.41, 5.74) is -0.269. The van der Waals surface area contributed by atoms with E-state index >= 15 is 0 Å². The molecular weight excluding hydrogens is 384 g/mol. The molecule has 1 aliphatic rings. The first kappa shape index (κ1) is 22.6. The largest absolute Gasteiger partial charge is 0.444 e. The lowest BCUT2D eigenvalue weighted by Gasteiger charge is -2.33. The molecule has 3 amide bonds. The first-order chi connectivity index (χ1) is 13.6. The zero-order chi connectivity index (χ0) is 21.6. The van der Waals surface area contributed by atoms with E-state index in [1.54, 1.807) is 30.6 Å². The monoisotopic (exact) mass is 411 g/mol. The van der Waals surface area contributed by atoms with Crippen LogP contribution < -0.4 is 5.32 Å². The lowest BCUT2D eigenvalue weighted by Crippen LogP contribution is -2.50. The summed E-state index contributed by atoms with van der Waals surface area (Å²) in [4.78, 5) is 38.9. The van der Waals surface area contributed by atoms with Crippen LogP contribution in [0.5, 0.6) is 0 Å². The van der Waals surface area contributed by atoms with Crippen molar-refractivity contribution < 1.29 is 27.9 Å². The number of nitrogens with one attached hydrogen (secondary N) is 1. The highest BCUT2D eigenvalue weighted by atomic mass is 19.2. The first-order valence-corrected chi connectivity index (χ1v) is 9.48. The van der Waals surface area contributed by atoms with Crippen molar-refractivity contribution in [2.24, 2.45) is 0 Å². The molecule has 1 saturated heterocycles. The smallest absolute Gasteiger partial charge is 0.407 e. The van der Waals surface area contributed by atoms with Crippen molar-refractivity contribution in [2.45, 2.75) is 45.3 Å². The fourth-order valence-electron chi connectivity index (χ4n) is 3.02. The third kappa shape index (κ3) is 7.32. The summed E-state index contributed by atoms with van der Waals surface area (Å²) in [6, 6.07) is 2.81. The number of piperazine rings is 1. The van der Waals surface area contributed by atoms with Crippen LogP contribution in [-0.2, 0) is 20.7 Å². The van der Waals surface area contributed by atoms with Crippen LogP contribution in [-0.4, -0.2) is 66.0 Å². The molecule has 29 heavy (non-hydrogen) atoms. The Labute approximate surface area is 169 Å². The van der Waals surface area contributed by atoms with Crippen LogP contribution in [0.15, 0.2) is 18.2 Å². The molecule has 0 aromatic heterocycles. The number of alkyl carbamates (subject to hydrolysis) is 1. The highest BCUT2D eigenvalue weighted by molar-refractivity contribution is 5.78. The van der Waals surface area contributed by atoms with E-state index in [1.165, 1.54) is 6.07 Å². The van der Waals surface area contributed by atoms with Crippen LogP contribution in [0.4, 0.5) is 13.6 Å². The van der Waals surface area contributed by atoms with Crippen molar-refractivity contribution in [1.82, 2.24) is 15.1 Å². The fraction of sp³-hybridized carbons (Fsp3) is 0.550. The van der Waals surface area contributed by atoms with E-state index in [0.717, 1.165) is 18.5 Å². The Morgan fingerprint density at radius 2 is 1.83 bits per heavy atom. The minimum absolute atomic E-state index is 0.0284. The molecule has 1 aromatic rings. The highest BCUT2D eigenvalue weighted by Crippen LogP contribution is 2.14. The molecule has 1 unspecified atom stereocenters. The molecule has 7 nitrogen and oxygen atoms in total. The molecule has 1 aliphatic heterocycles. The maximum absolute atomic E-state index is 13.5. The van der Waals surface area contributed by atoms with Crippen molar-refractivity contribution in [3.05, 3.63) is 35.4 Å². The number of carbonyl (C=O) groups excluding carboxylic acids is 3. The summed E-state index contributed by atoms with van der Waals surface area (Å²) in [7, 11) is 0. The van der Waals surface area contributed by atoms with Gasteiger partial charge < -0.3 is 19.9 Å². The molecule has 0 bridgehead atoms. The minimum Gasteiger partial charge on any atom is -0.444 e. The van der Waals surface area contributed by atoms with Gasteiger partial charge in [-0.25, -0.2) is 13.6 Å². The van der Waals surface area contributed by atoms with Gasteiger partial charge in [0.05, 0.1) is 0 Å². The summed E-state index contributed by atoms with van der Waals surface area (Å²) < 4.78 is 32.0. The maximum atomic E-state index is 13.5. The average Bonchev–Trinajstić information content (AvgIpc) is 2.63. The summed E-state index contributed by atoms with van der Waals surface area (Å²) in [6.07, 6.45) is 0.164. The zero-order valence-corrected chi connectivity index (χ0v) is 16.9. The number of nitrogens with zero attached hydrogens (tertiary/aromatic N) is 2. The van der Waals surface area contributed by atoms with Crippen LogP contribution in [0.2, 0.25) is 0 Å². The van der Waals surface area contributed by atoms with Gasteiger partial charge in [-0.1, -0.05) is 6.07 Å². The molecule has 1 N–H and O–H groups in total. The second kappa shape index (κ2) is 9.67. The number of hydrogen-bond acceptors (Lipinski definition) is 4. The summed E-state index contributed by atoms with van der Waals surface area (Å²) in [5, 5.41) is 2.65. The molecule has 1 fully saturated rings. The van der Waals surface area contributed by atoms with E-state index in [2.05, 4.69) is 5.32 Å². The van der Waals surface area contributed by atoms with Gasteiger partial charge in [0.2, 0.25) is 12.3 Å². The van der Waals surface area contributed by atoms with Gasteiger partial charge in [-0.15, -0.1) is 0 Å². The Morgan fingerprint density at radius 3 is 2.38 bits per heavy atom. The lowest BCUT2D eigenvalue weighted by molar-refractivity contribution is -0.135. The second-order valence-electron chi connectivity index (χ2n) is 8.02. The summed E-state index contributed by atoms with van der Waals surface area (Å²) in [5.74, 6) is -2.15. The number of hydrogen-bond donors (Lipinski definition) is 1. The van der Waals surface area contributed by atoms with Gasteiger partial charge in [-0.2, -0.15) is 0 Å². The van der Waals surface area contributed by atoms with Crippen LogP contribution >= 0.6 is 0 Å². The third-order valence-electron chi connectivity index (χ3n) is 4.42. The molecular formula is C20H27F2N3O4. The maximum Gasteiger partial charge on any atom is 0.407 e. The molecule has 1 atom stereocenters. The first-order valence-electron chi connectivity index (χ1n) is 9.48. The Balaban J connectivity index is 2.06. The quantitative estimate of drug-likeness (QED) is 0.727. The summed E-state index contributed by atoms with van der Waals surface area (Å²) in [6.45, 7) is 6.85. The Morgan fingerprint density at radius 1 is 1.17 bits per heavy atom. The number of amides is 3. The SMILES string of the molecule is CC(C)(C)OC(=O)NC(CC(=O)N1CCN(C=O)CC1)Cc1ccc(F)c(F)c1. The van der Waals surface area contributed by atoms with Crippen LogP contribution in [0.1, 0.15) is 32.8 Å². The van der Waals surface area contributed by atoms with Gasteiger partial charge in [0.25, 0.3) is 0 Å². The third-order valence-corrected chi connectivity index (χ3v) is 4.42. The topological polar surface area (TPSA) is 79.0 Å². The van der Waals surface area contributed by atoms with Crippen molar-refractivity contribution >= 4 is 18.4 Å². The molecule has 0 radical (unpaired) electrons. The predicted molar refractivity (Wildman–Crippen MR) is 102 cm³/mol. The van der Waals surface area contributed by atoms with E-state index in [1.807, 2.05) is 0 Å². The second-order valence-corrected chi connectivity index (χ2v) is 8.02. The Hall–Kier alpha value is -2.71. The van der Waals surface area contributed by atoms with E-state index in [-0.39, 0.29) is 18.7 Å². The van der Waals surface area contributed by atoms with Gasteiger partial charge in [0.1, 0.15) is 5.60 Å². The normalized spacial score (nSPS) is 15.6. The van der Waals surface area contributed by atoms with Crippen LogP contribution in [0, 0.1) is 11.6 Å². The number of benzene rings is 1. The lowest BCUT2D eigenvalue weighted by atomic mass is 10.0. The molecule has 0 saturated carbocycles. The van der Waals surface area contributed by atoms with Gasteiger partial charge in [-0.3, -0.25) is 9.59 Å². The van der Waals surface area contributed by atoms with Gasteiger partial charge in [0.15, 0.2) is 11.6 Å². The van der Waals surface area contributed by atoms with Crippen molar-refractivity contribution in [1.29, 1.82) is 0 Å². The van der Waals surface area contributed by atoms with Gasteiger partial charge in [-0.05, 0) is 44.9 Å². The minimum atomic E-state index is -0.991. The van der Waals surface area contributed by atoms with Crippen LogP contribution in [0.3, 0.4) is 0 Å². The number of ether oxygens (including phenoxy) is 1. The standard InChI is InChI=1S/C20H27F2N3O4/c1-20(2,3)29-19(28)23-15(10-14-4-5-16(21)17(22)11-14)12-18(27)25-8-6-24(13-26)7-9-25/h4-5,11,13,15H,6-10,12H2,1-3H3,(H,23,28). The van der Waals surface area contributed by atoms with Crippen LogP contribution in [0.25, 0.3) is 0 Å². The average molecular weight is 411 g/mol. The number of rotatable bonds is 6. The van der Waals surface area contributed by atoms with E-state index in [4.69, 9.17) is 4.74 Å².